The van der Waals surface area contributed by atoms with E-state index in [0.29, 0.717) is 5.92 Å². The van der Waals surface area contributed by atoms with E-state index in [1.165, 1.54) is 25.7 Å². The number of aliphatic hydroxyl groups excluding tert-OH is 1. The van der Waals surface area contributed by atoms with Gasteiger partial charge in [0.25, 0.3) is 0 Å². The summed E-state index contributed by atoms with van der Waals surface area (Å²) in [7, 11) is 0. The van der Waals surface area contributed by atoms with Crippen molar-refractivity contribution in [1.82, 2.24) is 0 Å². The molecule has 0 spiro atoms. The van der Waals surface area contributed by atoms with E-state index in [4.69, 9.17) is 0 Å². The topological polar surface area (TPSA) is 20.2 Å². The molecule has 1 N–H and O–H groups in total. The Labute approximate surface area is 61.8 Å². The molecule has 2 aliphatic carbocycles. The van der Waals surface area contributed by atoms with Crippen molar-refractivity contribution in [3.63, 3.8) is 0 Å². The van der Waals surface area contributed by atoms with Gasteiger partial charge >= 0.3 is 0 Å². The molecular weight excluding hydrogens is 124 g/mol. The number of hydrogen-bond donors (Lipinski definition) is 1. The van der Waals surface area contributed by atoms with Crippen molar-refractivity contribution >= 4 is 0 Å². The summed E-state index contributed by atoms with van der Waals surface area (Å²) in [5.74, 6) is 0.550. The molecule has 1 fully saturated rings. The van der Waals surface area contributed by atoms with Crippen molar-refractivity contribution in [2.75, 3.05) is 0 Å². The number of aliphatic hydroxyl groups is 1. The van der Waals surface area contributed by atoms with Crippen molar-refractivity contribution in [1.29, 1.82) is 0 Å². The Kier molecular flexibility index (Phi) is 1.53. The zero-order chi connectivity index (χ0) is 6.97. The maximum absolute atomic E-state index is 9.54. The lowest BCUT2D eigenvalue weighted by atomic mass is 9.84. The maximum atomic E-state index is 9.54. The summed E-state index contributed by atoms with van der Waals surface area (Å²) in [6.07, 6.45) is 8.20. The highest BCUT2D eigenvalue weighted by Crippen LogP contribution is 2.37. The van der Waals surface area contributed by atoms with Gasteiger partial charge in [0.1, 0.15) is 0 Å². The summed E-state index contributed by atoms with van der Waals surface area (Å²) in [4.78, 5) is 0. The molecule has 0 aromatic carbocycles. The van der Waals surface area contributed by atoms with Crippen LogP contribution in [0.15, 0.2) is 11.6 Å². The van der Waals surface area contributed by atoms with Crippen molar-refractivity contribution in [3.8, 4) is 0 Å². The van der Waals surface area contributed by atoms with Gasteiger partial charge in [0, 0.05) is 5.92 Å². The predicted molar refractivity (Wildman–Crippen MR) is 40.7 cm³/mol. The molecule has 0 aromatic heterocycles. The van der Waals surface area contributed by atoms with Crippen LogP contribution in [0.2, 0.25) is 0 Å². The van der Waals surface area contributed by atoms with Crippen molar-refractivity contribution in [2.45, 2.75) is 38.2 Å². The van der Waals surface area contributed by atoms with Crippen LogP contribution < -0.4 is 0 Å². The normalized spacial score (nSPS) is 39.1. The molecule has 0 saturated heterocycles. The SMILES string of the molecule is OC1CCCC2=CCCC21. The number of hydrogen-bond acceptors (Lipinski definition) is 1. The molecule has 0 radical (unpaired) electrons. The van der Waals surface area contributed by atoms with Crippen molar-refractivity contribution in [3.05, 3.63) is 11.6 Å². The number of rotatable bonds is 0. The smallest absolute Gasteiger partial charge is 0.0605 e. The Bertz CT molecular complexity index is 160. The molecule has 2 rings (SSSR count). The summed E-state index contributed by atoms with van der Waals surface area (Å²) in [5.41, 5.74) is 1.54. The molecule has 0 aromatic rings. The van der Waals surface area contributed by atoms with Gasteiger partial charge in [-0.15, -0.1) is 0 Å². The van der Waals surface area contributed by atoms with Crippen LogP contribution in [0.25, 0.3) is 0 Å². The molecule has 1 nitrogen and oxygen atoms in total. The van der Waals surface area contributed by atoms with Crippen LogP contribution in [0.1, 0.15) is 32.1 Å². The van der Waals surface area contributed by atoms with E-state index >= 15 is 0 Å². The molecule has 1 heteroatoms. The average Bonchev–Trinajstić information content (AvgIpc) is 2.36. The van der Waals surface area contributed by atoms with Crippen LogP contribution in [-0.4, -0.2) is 11.2 Å². The van der Waals surface area contributed by atoms with E-state index in [9.17, 15) is 5.11 Å². The minimum absolute atomic E-state index is 0.0116. The third-order valence-corrected chi connectivity index (χ3v) is 2.79. The predicted octanol–water partition coefficient (Wildman–Crippen LogP) is 1.87. The standard InChI is InChI=1S/C9H14O/c10-9-6-2-4-7-3-1-5-8(7)9/h3,8-10H,1-2,4-6H2. The molecule has 2 atom stereocenters. The molecule has 1 saturated carbocycles. The lowest BCUT2D eigenvalue weighted by Crippen LogP contribution is -2.23. The number of allylic oxidation sites excluding steroid dienone is 1. The van der Waals surface area contributed by atoms with E-state index < -0.39 is 0 Å². The zero-order valence-electron chi connectivity index (χ0n) is 6.21. The van der Waals surface area contributed by atoms with Crippen molar-refractivity contribution in [2.24, 2.45) is 5.92 Å². The highest BCUT2D eigenvalue weighted by atomic mass is 16.3. The molecule has 10 heavy (non-hydrogen) atoms. The zero-order valence-corrected chi connectivity index (χ0v) is 6.21. The quantitative estimate of drug-likeness (QED) is 0.507. The Hall–Kier alpha value is -0.300. The monoisotopic (exact) mass is 138 g/mol. The minimum atomic E-state index is -0.0116. The lowest BCUT2D eigenvalue weighted by Gasteiger charge is -2.26. The molecule has 2 unspecified atom stereocenters. The van der Waals surface area contributed by atoms with Gasteiger partial charge in [-0.2, -0.15) is 0 Å². The van der Waals surface area contributed by atoms with E-state index in [2.05, 4.69) is 6.08 Å². The van der Waals surface area contributed by atoms with Gasteiger partial charge < -0.3 is 5.11 Å². The van der Waals surface area contributed by atoms with Crippen LogP contribution in [0, 0.1) is 5.92 Å². The van der Waals surface area contributed by atoms with Gasteiger partial charge in [-0.3, -0.25) is 0 Å². The second-order valence-corrected chi connectivity index (χ2v) is 3.42. The fourth-order valence-electron chi connectivity index (χ4n) is 2.23. The average molecular weight is 138 g/mol. The first-order valence-corrected chi connectivity index (χ1v) is 4.25. The Morgan fingerprint density at radius 3 is 3.10 bits per heavy atom. The maximum Gasteiger partial charge on any atom is 0.0605 e. The molecular formula is C9H14O. The minimum Gasteiger partial charge on any atom is -0.393 e. The Morgan fingerprint density at radius 2 is 2.30 bits per heavy atom. The lowest BCUT2D eigenvalue weighted by molar-refractivity contribution is 0.0988. The second kappa shape index (κ2) is 2.39. The van der Waals surface area contributed by atoms with E-state index in [-0.39, 0.29) is 6.10 Å². The van der Waals surface area contributed by atoms with Crippen LogP contribution in [-0.2, 0) is 0 Å². The van der Waals surface area contributed by atoms with Gasteiger partial charge in [0.2, 0.25) is 0 Å². The fourth-order valence-corrected chi connectivity index (χ4v) is 2.23. The number of fused-ring (bicyclic) bond motifs is 1. The fraction of sp³-hybridized carbons (Fsp3) is 0.778. The molecule has 0 heterocycles. The first kappa shape index (κ1) is 6.41. The summed E-state index contributed by atoms with van der Waals surface area (Å²) < 4.78 is 0. The van der Waals surface area contributed by atoms with E-state index in [1.54, 1.807) is 5.57 Å². The van der Waals surface area contributed by atoms with Crippen LogP contribution in [0.5, 0.6) is 0 Å². The van der Waals surface area contributed by atoms with Crippen molar-refractivity contribution < 1.29 is 5.11 Å². The third-order valence-electron chi connectivity index (χ3n) is 2.79. The van der Waals surface area contributed by atoms with Crippen LogP contribution in [0.4, 0.5) is 0 Å². The van der Waals surface area contributed by atoms with Gasteiger partial charge in [-0.1, -0.05) is 11.6 Å². The third kappa shape index (κ3) is 0.891. The highest BCUT2D eigenvalue weighted by molar-refractivity contribution is 5.16. The first-order valence-electron chi connectivity index (χ1n) is 4.25. The molecule has 2 aliphatic rings. The summed E-state index contributed by atoms with van der Waals surface area (Å²) in [6, 6.07) is 0. The largest absolute Gasteiger partial charge is 0.393 e. The molecule has 0 aliphatic heterocycles. The summed E-state index contributed by atoms with van der Waals surface area (Å²) in [6.45, 7) is 0. The van der Waals surface area contributed by atoms with Gasteiger partial charge in [0.05, 0.1) is 6.10 Å². The molecule has 0 amide bonds. The Morgan fingerprint density at radius 1 is 1.40 bits per heavy atom. The molecule has 0 bridgehead atoms. The summed E-state index contributed by atoms with van der Waals surface area (Å²) in [5, 5.41) is 9.54. The van der Waals surface area contributed by atoms with Crippen LogP contribution in [0.3, 0.4) is 0 Å². The second-order valence-electron chi connectivity index (χ2n) is 3.42. The molecule has 56 valence electrons. The van der Waals surface area contributed by atoms with Gasteiger partial charge in [0.15, 0.2) is 0 Å². The Balaban J connectivity index is 2.13. The van der Waals surface area contributed by atoms with Crippen LogP contribution >= 0.6 is 0 Å². The van der Waals surface area contributed by atoms with Gasteiger partial charge in [-0.25, -0.2) is 0 Å². The van der Waals surface area contributed by atoms with E-state index in [0.717, 1.165) is 6.42 Å². The highest BCUT2D eigenvalue weighted by Gasteiger charge is 2.29. The summed E-state index contributed by atoms with van der Waals surface area (Å²) >= 11 is 0. The van der Waals surface area contributed by atoms with E-state index in [1.807, 2.05) is 0 Å². The van der Waals surface area contributed by atoms with Gasteiger partial charge in [-0.05, 0) is 32.1 Å². The first-order chi connectivity index (χ1) is 4.88.